The van der Waals surface area contributed by atoms with Crippen molar-refractivity contribution in [2.45, 2.75) is 12.8 Å². The summed E-state index contributed by atoms with van der Waals surface area (Å²) in [6, 6.07) is 0. The van der Waals surface area contributed by atoms with E-state index in [9.17, 15) is 4.79 Å². The van der Waals surface area contributed by atoms with Gasteiger partial charge < -0.3 is 15.1 Å². The van der Waals surface area contributed by atoms with Gasteiger partial charge in [-0.2, -0.15) is 5.10 Å². The van der Waals surface area contributed by atoms with Gasteiger partial charge in [-0.1, -0.05) is 0 Å². The van der Waals surface area contributed by atoms with Crippen molar-refractivity contribution in [3.05, 3.63) is 12.5 Å². The molecule has 0 aromatic carbocycles. The van der Waals surface area contributed by atoms with Crippen LogP contribution in [0.2, 0.25) is 0 Å². The molecule has 3 heterocycles. The van der Waals surface area contributed by atoms with Gasteiger partial charge in [0.05, 0.1) is 18.1 Å². The zero-order chi connectivity index (χ0) is 16.5. The van der Waals surface area contributed by atoms with E-state index in [0.29, 0.717) is 6.54 Å². The number of nitrogens with one attached hydrogen (secondary N) is 1. The summed E-state index contributed by atoms with van der Waals surface area (Å²) in [6.07, 6.45) is 6.01. The fraction of sp³-hybridized carbons (Fsp3) is 0.625. The third-order valence-corrected chi connectivity index (χ3v) is 4.85. The van der Waals surface area contributed by atoms with Crippen molar-refractivity contribution < 1.29 is 4.79 Å². The van der Waals surface area contributed by atoms with Crippen LogP contribution in [0.5, 0.6) is 0 Å². The number of nitrogens with zero attached hydrogens (tertiary/aromatic N) is 6. The average molecular weight is 402 g/mol. The maximum atomic E-state index is 12.3. The third-order valence-electron chi connectivity index (χ3n) is 4.85. The van der Waals surface area contributed by atoms with Gasteiger partial charge in [0.1, 0.15) is 12.1 Å². The minimum absolute atomic E-state index is 0. The highest BCUT2D eigenvalue weighted by molar-refractivity contribution is 5.87. The Labute approximate surface area is 165 Å². The monoisotopic (exact) mass is 401 g/mol. The van der Waals surface area contributed by atoms with Gasteiger partial charge in [-0.3, -0.25) is 9.48 Å². The van der Waals surface area contributed by atoms with Gasteiger partial charge in [0.15, 0.2) is 5.65 Å². The summed E-state index contributed by atoms with van der Waals surface area (Å²) in [5.41, 5.74) is 0.836. The summed E-state index contributed by atoms with van der Waals surface area (Å²) in [5, 5.41) is 8.50. The van der Waals surface area contributed by atoms with Gasteiger partial charge in [-0.25, -0.2) is 9.97 Å². The van der Waals surface area contributed by atoms with E-state index in [1.165, 1.54) is 12.8 Å². The Morgan fingerprint density at radius 2 is 1.92 bits per heavy atom. The number of piperazine rings is 1. The molecule has 1 N–H and O–H groups in total. The van der Waals surface area contributed by atoms with E-state index in [4.69, 9.17) is 0 Å². The van der Waals surface area contributed by atoms with E-state index in [1.807, 2.05) is 18.1 Å². The summed E-state index contributed by atoms with van der Waals surface area (Å²) in [5.74, 6) is 1.91. The maximum Gasteiger partial charge on any atom is 0.236 e. The van der Waals surface area contributed by atoms with E-state index in [0.717, 1.165) is 55.5 Å². The van der Waals surface area contributed by atoms with Gasteiger partial charge in [0.25, 0.3) is 0 Å². The van der Waals surface area contributed by atoms with Crippen LogP contribution in [0, 0.1) is 5.92 Å². The molecule has 144 valence electrons. The first-order valence-electron chi connectivity index (χ1n) is 8.58. The molecule has 1 aliphatic carbocycles. The number of amides is 1. The Kier molecular flexibility index (Phi) is 7.02. The largest absolute Gasteiger partial charge is 0.352 e. The number of carbonyl (C=O) groups is 1. The van der Waals surface area contributed by atoms with Crippen molar-refractivity contribution in [1.29, 1.82) is 0 Å². The predicted octanol–water partition coefficient (Wildman–Crippen LogP) is 0.855. The number of rotatable bonds is 5. The first-order valence-corrected chi connectivity index (χ1v) is 8.58. The molecule has 2 aromatic heterocycles. The molecule has 2 aliphatic rings. The average Bonchev–Trinajstić information content (AvgIpc) is 3.36. The van der Waals surface area contributed by atoms with Crippen LogP contribution in [-0.2, 0) is 11.8 Å². The van der Waals surface area contributed by atoms with Crippen LogP contribution in [0.1, 0.15) is 12.8 Å². The zero-order valence-corrected chi connectivity index (χ0v) is 16.4. The number of fused-ring (bicyclic) bond motifs is 1. The van der Waals surface area contributed by atoms with Gasteiger partial charge in [0.2, 0.25) is 5.91 Å². The predicted molar refractivity (Wildman–Crippen MR) is 105 cm³/mol. The van der Waals surface area contributed by atoms with Crippen molar-refractivity contribution in [3.8, 4) is 0 Å². The lowest BCUT2D eigenvalue weighted by Gasteiger charge is -2.35. The SMILES string of the molecule is Cl.Cl.Cn1ncc2c(N3CCN(C(=O)CNCC4CC4)CC3)ncnc21. The number of aryl methyl sites for hydroxylation is 1. The fourth-order valence-electron chi connectivity index (χ4n) is 3.19. The Morgan fingerprint density at radius 3 is 2.62 bits per heavy atom. The molecule has 10 heteroatoms. The molecule has 1 aliphatic heterocycles. The lowest BCUT2D eigenvalue weighted by Crippen LogP contribution is -2.51. The van der Waals surface area contributed by atoms with Crippen molar-refractivity contribution in [2.24, 2.45) is 13.0 Å². The van der Waals surface area contributed by atoms with Crippen LogP contribution < -0.4 is 10.2 Å². The molecule has 1 saturated carbocycles. The number of halogens is 2. The first-order chi connectivity index (χ1) is 11.7. The number of hydrogen-bond acceptors (Lipinski definition) is 6. The van der Waals surface area contributed by atoms with Crippen LogP contribution in [0.15, 0.2) is 12.5 Å². The van der Waals surface area contributed by atoms with Gasteiger partial charge >= 0.3 is 0 Å². The second kappa shape index (κ2) is 8.83. The highest BCUT2D eigenvalue weighted by atomic mass is 35.5. The number of carbonyl (C=O) groups excluding carboxylic acids is 1. The summed E-state index contributed by atoms with van der Waals surface area (Å²) in [4.78, 5) is 25.1. The lowest BCUT2D eigenvalue weighted by atomic mass is 10.2. The Hall–Kier alpha value is -1.64. The second-order valence-electron chi connectivity index (χ2n) is 6.64. The molecule has 26 heavy (non-hydrogen) atoms. The van der Waals surface area contributed by atoms with Crippen molar-refractivity contribution >= 4 is 47.6 Å². The normalized spacial score (nSPS) is 17.0. The molecule has 0 spiro atoms. The minimum atomic E-state index is 0. The fourth-order valence-corrected chi connectivity index (χ4v) is 3.19. The number of aromatic nitrogens is 4. The third kappa shape index (κ3) is 4.36. The van der Waals surface area contributed by atoms with Crippen LogP contribution in [-0.4, -0.2) is 69.8 Å². The first kappa shape index (κ1) is 20.7. The standard InChI is InChI=1S/C16H23N7O.2ClH/c1-21-15-13(9-20-21)16(19-11-18-15)23-6-4-22(5-7-23)14(24)10-17-8-12-2-3-12;;/h9,11-12,17H,2-8,10H2,1H3;2*1H. The Morgan fingerprint density at radius 1 is 1.19 bits per heavy atom. The molecule has 0 radical (unpaired) electrons. The lowest BCUT2D eigenvalue weighted by molar-refractivity contribution is -0.130. The molecule has 1 amide bonds. The van der Waals surface area contributed by atoms with Gasteiger partial charge in [-0.05, 0) is 25.3 Å². The maximum absolute atomic E-state index is 12.3. The van der Waals surface area contributed by atoms with E-state index >= 15 is 0 Å². The summed E-state index contributed by atoms with van der Waals surface area (Å²) >= 11 is 0. The molecular weight excluding hydrogens is 377 g/mol. The molecule has 0 unspecified atom stereocenters. The highest BCUT2D eigenvalue weighted by Crippen LogP contribution is 2.27. The van der Waals surface area contributed by atoms with Crippen molar-refractivity contribution in [2.75, 3.05) is 44.2 Å². The van der Waals surface area contributed by atoms with Gasteiger partial charge in [0, 0.05) is 33.2 Å². The minimum Gasteiger partial charge on any atom is -0.352 e. The van der Waals surface area contributed by atoms with Crippen LogP contribution >= 0.6 is 24.8 Å². The Balaban J connectivity index is 0.00000121. The molecule has 0 atom stereocenters. The van der Waals surface area contributed by atoms with Crippen LogP contribution in [0.4, 0.5) is 5.82 Å². The molecule has 8 nitrogen and oxygen atoms in total. The molecule has 1 saturated heterocycles. The summed E-state index contributed by atoms with van der Waals surface area (Å²) in [6.45, 7) is 4.47. The van der Waals surface area contributed by atoms with E-state index in [-0.39, 0.29) is 30.7 Å². The topological polar surface area (TPSA) is 79.2 Å². The van der Waals surface area contributed by atoms with Crippen molar-refractivity contribution in [3.63, 3.8) is 0 Å². The quantitative estimate of drug-likeness (QED) is 0.799. The molecule has 4 rings (SSSR count). The second-order valence-corrected chi connectivity index (χ2v) is 6.64. The van der Waals surface area contributed by atoms with E-state index < -0.39 is 0 Å². The molecule has 2 aromatic rings. The van der Waals surface area contributed by atoms with Crippen LogP contribution in [0.25, 0.3) is 11.0 Å². The summed E-state index contributed by atoms with van der Waals surface area (Å²) in [7, 11) is 1.88. The van der Waals surface area contributed by atoms with E-state index in [2.05, 4.69) is 25.3 Å². The zero-order valence-electron chi connectivity index (χ0n) is 14.8. The van der Waals surface area contributed by atoms with E-state index in [1.54, 1.807) is 11.0 Å². The summed E-state index contributed by atoms with van der Waals surface area (Å²) < 4.78 is 1.76. The van der Waals surface area contributed by atoms with Gasteiger partial charge in [-0.15, -0.1) is 24.8 Å². The Bertz CT molecular complexity index is 741. The molecule has 2 fully saturated rings. The van der Waals surface area contributed by atoms with Crippen LogP contribution in [0.3, 0.4) is 0 Å². The number of anilines is 1. The molecule has 0 bridgehead atoms. The number of hydrogen-bond donors (Lipinski definition) is 1. The highest BCUT2D eigenvalue weighted by Gasteiger charge is 2.25. The van der Waals surface area contributed by atoms with Crippen molar-refractivity contribution in [1.82, 2.24) is 30.0 Å². The molecular formula is C16H25Cl2N7O. The smallest absolute Gasteiger partial charge is 0.236 e.